The Morgan fingerprint density at radius 1 is 1.28 bits per heavy atom. The Morgan fingerprint density at radius 3 is 2.68 bits per heavy atom. The number of carbonyl (C=O) groups excluding carboxylic acids is 1. The molecule has 1 aliphatic heterocycles. The summed E-state index contributed by atoms with van der Waals surface area (Å²) in [5.74, 6) is 2.28. The van der Waals surface area contributed by atoms with E-state index >= 15 is 0 Å². The number of rotatable bonds is 6. The van der Waals surface area contributed by atoms with Crippen LogP contribution in [0.4, 0.5) is 0 Å². The fourth-order valence-electron chi connectivity index (χ4n) is 2.60. The molecule has 1 amide bonds. The molecule has 3 rings (SSSR count). The molecule has 8 heteroatoms. The molecule has 1 unspecified atom stereocenters. The molecule has 1 aromatic heterocycles. The SMILES string of the molecule is Cl.Cl.O=C(CC1CSCCN1)NCc1ccc(Cn2ccnc2)cc1. The van der Waals surface area contributed by atoms with Crippen LogP contribution in [-0.2, 0) is 17.9 Å². The maximum Gasteiger partial charge on any atom is 0.221 e. The highest BCUT2D eigenvalue weighted by Crippen LogP contribution is 2.10. The normalized spacial score (nSPS) is 16.4. The summed E-state index contributed by atoms with van der Waals surface area (Å²) in [5, 5.41) is 6.40. The monoisotopic (exact) mass is 402 g/mol. The Morgan fingerprint density at radius 2 is 2.04 bits per heavy atom. The number of halogens is 2. The van der Waals surface area contributed by atoms with E-state index in [1.54, 1.807) is 6.20 Å². The molecular formula is C17H24Cl2N4OS. The van der Waals surface area contributed by atoms with E-state index in [-0.39, 0.29) is 30.7 Å². The molecule has 1 fully saturated rings. The minimum Gasteiger partial charge on any atom is -0.352 e. The fourth-order valence-corrected chi connectivity index (χ4v) is 3.55. The largest absolute Gasteiger partial charge is 0.352 e. The van der Waals surface area contributed by atoms with Crippen molar-refractivity contribution < 1.29 is 4.79 Å². The van der Waals surface area contributed by atoms with Crippen LogP contribution in [0, 0.1) is 0 Å². The molecule has 25 heavy (non-hydrogen) atoms. The summed E-state index contributed by atoms with van der Waals surface area (Å²) in [4.78, 5) is 16.0. The molecule has 0 bridgehead atoms. The first kappa shape index (κ1) is 21.8. The Hall–Kier alpha value is -1.21. The van der Waals surface area contributed by atoms with Gasteiger partial charge in [0.05, 0.1) is 6.33 Å². The van der Waals surface area contributed by atoms with E-state index in [9.17, 15) is 4.79 Å². The quantitative estimate of drug-likeness (QED) is 0.778. The highest BCUT2D eigenvalue weighted by molar-refractivity contribution is 7.99. The first-order valence-corrected chi connectivity index (χ1v) is 9.06. The van der Waals surface area contributed by atoms with Crippen molar-refractivity contribution in [1.29, 1.82) is 0 Å². The maximum atomic E-state index is 12.0. The number of thioether (sulfide) groups is 1. The van der Waals surface area contributed by atoms with Gasteiger partial charge in [0.15, 0.2) is 0 Å². The molecule has 5 nitrogen and oxygen atoms in total. The molecule has 1 atom stereocenters. The molecule has 0 radical (unpaired) electrons. The zero-order valence-corrected chi connectivity index (χ0v) is 16.3. The summed E-state index contributed by atoms with van der Waals surface area (Å²) < 4.78 is 2.03. The zero-order valence-electron chi connectivity index (χ0n) is 13.9. The van der Waals surface area contributed by atoms with Crippen LogP contribution < -0.4 is 10.6 Å². The lowest BCUT2D eigenvalue weighted by atomic mass is 10.1. The number of benzene rings is 1. The number of carbonyl (C=O) groups is 1. The third-order valence-electron chi connectivity index (χ3n) is 3.87. The van der Waals surface area contributed by atoms with Crippen molar-refractivity contribution in [1.82, 2.24) is 20.2 Å². The van der Waals surface area contributed by atoms with Gasteiger partial charge < -0.3 is 15.2 Å². The van der Waals surface area contributed by atoms with Gasteiger partial charge in [0.25, 0.3) is 0 Å². The second-order valence-electron chi connectivity index (χ2n) is 5.76. The summed E-state index contributed by atoms with van der Waals surface area (Å²) in [5.41, 5.74) is 2.35. The van der Waals surface area contributed by atoms with Crippen LogP contribution in [0.25, 0.3) is 0 Å². The van der Waals surface area contributed by atoms with Crippen LogP contribution in [0.1, 0.15) is 17.5 Å². The van der Waals surface area contributed by atoms with Gasteiger partial charge in [-0.3, -0.25) is 4.79 Å². The van der Waals surface area contributed by atoms with Gasteiger partial charge in [0, 0.05) is 56.0 Å². The summed E-state index contributed by atoms with van der Waals surface area (Å²) >= 11 is 1.91. The molecule has 2 N–H and O–H groups in total. The van der Waals surface area contributed by atoms with Crippen LogP contribution in [0.3, 0.4) is 0 Å². The highest BCUT2D eigenvalue weighted by Gasteiger charge is 2.16. The number of amides is 1. The van der Waals surface area contributed by atoms with Gasteiger partial charge in [-0.05, 0) is 11.1 Å². The Balaban J connectivity index is 0.00000156. The molecule has 138 valence electrons. The first-order chi connectivity index (χ1) is 11.3. The average Bonchev–Trinajstić information content (AvgIpc) is 3.08. The van der Waals surface area contributed by atoms with E-state index in [0.29, 0.717) is 19.0 Å². The Labute approximate surface area is 165 Å². The van der Waals surface area contributed by atoms with Crippen molar-refractivity contribution in [3.05, 3.63) is 54.1 Å². The van der Waals surface area contributed by atoms with Crippen LogP contribution in [0.5, 0.6) is 0 Å². The van der Waals surface area contributed by atoms with Crippen molar-refractivity contribution >= 4 is 42.5 Å². The van der Waals surface area contributed by atoms with E-state index in [4.69, 9.17) is 0 Å². The molecule has 2 aromatic rings. The lowest BCUT2D eigenvalue weighted by molar-refractivity contribution is -0.121. The third-order valence-corrected chi connectivity index (χ3v) is 5.00. The fraction of sp³-hybridized carbons (Fsp3) is 0.412. The molecule has 0 saturated carbocycles. The van der Waals surface area contributed by atoms with E-state index in [1.807, 2.05) is 28.9 Å². The summed E-state index contributed by atoms with van der Waals surface area (Å²) in [6.45, 7) is 2.41. The summed E-state index contributed by atoms with van der Waals surface area (Å²) in [6.07, 6.45) is 6.10. The van der Waals surface area contributed by atoms with E-state index in [0.717, 1.165) is 30.2 Å². The minimum absolute atomic E-state index is 0. The smallest absolute Gasteiger partial charge is 0.221 e. The molecule has 2 heterocycles. The van der Waals surface area contributed by atoms with Crippen molar-refractivity contribution in [3.8, 4) is 0 Å². The maximum absolute atomic E-state index is 12.0. The average molecular weight is 403 g/mol. The first-order valence-electron chi connectivity index (χ1n) is 7.91. The van der Waals surface area contributed by atoms with Crippen molar-refractivity contribution in [2.75, 3.05) is 18.1 Å². The van der Waals surface area contributed by atoms with Crippen molar-refractivity contribution in [3.63, 3.8) is 0 Å². The topological polar surface area (TPSA) is 59.0 Å². The van der Waals surface area contributed by atoms with Gasteiger partial charge in [0.1, 0.15) is 0 Å². The minimum atomic E-state index is 0. The molecular weight excluding hydrogens is 379 g/mol. The van der Waals surface area contributed by atoms with Crippen LogP contribution in [0.15, 0.2) is 43.0 Å². The zero-order chi connectivity index (χ0) is 15.9. The number of hydrogen-bond donors (Lipinski definition) is 2. The standard InChI is InChI=1S/C17H22N4OS.2ClH/c22-17(9-16-12-23-8-6-19-16)20-10-14-1-3-15(4-2-14)11-21-7-5-18-13-21;;/h1-5,7,13,16,19H,6,8-12H2,(H,20,22);2*1H. The molecule has 1 saturated heterocycles. The van der Waals surface area contributed by atoms with Crippen molar-refractivity contribution in [2.45, 2.75) is 25.6 Å². The molecule has 1 aromatic carbocycles. The number of hydrogen-bond acceptors (Lipinski definition) is 4. The predicted octanol–water partition coefficient (Wildman–Crippen LogP) is 2.49. The van der Waals surface area contributed by atoms with Crippen LogP contribution in [-0.4, -0.2) is 39.6 Å². The van der Waals surface area contributed by atoms with Gasteiger partial charge in [-0.1, -0.05) is 24.3 Å². The van der Waals surface area contributed by atoms with E-state index in [2.05, 4.69) is 39.9 Å². The van der Waals surface area contributed by atoms with Crippen LogP contribution >= 0.6 is 36.6 Å². The van der Waals surface area contributed by atoms with Gasteiger partial charge in [-0.15, -0.1) is 24.8 Å². The van der Waals surface area contributed by atoms with Gasteiger partial charge in [0.2, 0.25) is 5.91 Å². The third kappa shape index (κ3) is 7.28. The van der Waals surface area contributed by atoms with Gasteiger partial charge >= 0.3 is 0 Å². The number of nitrogens with one attached hydrogen (secondary N) is 2. The lowest BCUT2D eigenvalue weighted by Gasteiger charge is -2.22. The summed E-state index contributed by atoms with van der Waals surface area (Å²) in [7, 11) is 0. The summed E-state index contributed by atoms with van der Waals surface area (Å²) in [6, 6.07) is 8.65. The van der Waals surface area contributed by atoms with Gasteiger partial charge in [-0.2, -0.15) is 11.8 Å². The predicted molar refractivity (Wildman–Crippen MR) is 108 cm³/mol. The Kier molecular flexibility index (Phi) is 9.97. The molecule has 0 aliphatic carbocycles. The van der Waals surface area contributed by atoms with E-state index in [1.165, 1.54) is 5.56 Å². The molecule has 1 aliphatic rings. The second kappa shape index (κ2) is 11.4. The highest BCUT2D eigenvalue weighted by atomic mass is 35.5. The number of nitrogens with zero attached hydrogens (tertiary/aromatic N) is 2. The van der Waals surface area contributed by atoms with E-state index < -0.39 is 0 Å². The molecule has 0 spiro atoms. The lowest BCUT2D eigenvalue weighted by Crippen LogP contribution is -2.41. The Bertz CT molecular complexity index is 616. The second-order valence-corrected chi connectivity index (χ2v) is 6.91. The van der Waals surface area contributed by atoms with Crippen molar-refractivity contribution in [2.24, 2.45) is 0 Å². The van der Waals surface area contributed by atoms with Crippen LogP contribution in [0.2, 0.25) is 0 Å². The van der Waals surface area contributed by atoms with Gasteiger partial charge in [-0.25, -0.2) is 4.98 Å². The number of aromatic nitrogens is 2. The number of imidazole rings is 1.